The number of ether oxygens (including phenoxy) is 5. The highest BCUT2D eigenvalue weighted by Gasteiger charge is 2.79. The lowest BCUT2D eigenvalue weighted by Crippen LogP contribution is -2.52. The van der Waals surface area contributed by atoms with Crippen molar-refractivity contribution in [2.24, 2.45) is 5.92 Å². The molecular weight excluding hydrogens is 456 g/mol. The Kier molecular flexibility index (Phi) is 5.41. The minimum absolute atomic E-state index is 0.201. The fraction of sp³-hybridized carbons (Fsp3) is 0.346. The van der Waals surface area contributed by atoms with E-state index in [2.05, 4.69) is 0 Å². The van der Waals surface area contributed by atoms with Gasteiger partial charge in [-0.25, -0.2) is 0 Å². The highest BCUT2D eigenvalue weighted by atomic mass is 16.6. The molecule has 2 N–H and O–H groups in total. The normalized spacial score (nSPS) is 28.6. The van der Waals surface area contributed by atoms with Crippen molar-refractivity contribution in [3.63, 3.8) is 0 Å². The quantitative estimate of drug-likeness (QED) is 0.512. The maximum Gasteiger partial charge on any atom is 0.312 e. The fourth-order valence-electron chi connectivity index (χ4n) is 5.64. The molecule has 5 rings (SSSR count). The molecule has 2 aliphatic rings. The highest BCUT2D eigenvalue weighted by molar-refractivity contribution is 5.78. The van der Waals surface area contributed by atoms with Crippen LogP contribution in [0.3, 0.4) is 0 Å². The molecule has 0 unspecified atom stereocenters. The van der Waals surface area contributed by atoms with Crippen LogP contribution >= 0.6 is 0 Å². The predicted octanol–water partition coefficient (Wildman–Crippen LogP) is 2.73. The minimum Gasteiger partial charge on any atom is -0.497 e. The van der Waals surface area contributed by atoms with Crippen LogP contribution in [0.1, 0.15) is 22.8 Å². The van der Waals surface area contributed by atoms with Gasteiger partial charge in [-0.15, -0.1) is 0 Å². The largest absolute Gasteiger partial charge is 0.497 e. The molecule has 0 radical (unpaired) electrons. The maximum atomic E-state index is 13.1. The average Bonchev–Trinajstić information content (AvgIpc) is 3.55. The molecule has 9 nitrogen and oxygen atoms in total. The van der Waals surface area contributed by atoms with Crippen LogP contribution in [0.5, 0.6) is 23.0 Å². The first-order valence-electron chi connectivity index (χ1n) is 11.0. The molecular formula is C26H26O9. The molecule has 1 aliphatic heterocycles. The van der Waals surface area contributed by atoms with Crippen molar-refractivity contribution < 1.29 is 43.1 Å². The van der Waals surface area contributed by atoms with Gasteiger partial charge in [0.15, 0.2) is 11.2 Å². The molecule has 0 saturated heterocycles. The summed E-state index contributed by atoms with van der Waals surface area (Å²) < 4.78 is 33.7. The van der Waals surface area contributed by atoms with E-state index in [1.807, 2.05) is 0 Å². The molecule has 9 heteroatoms. The van der Waals surface area contributed by atoms with Crippen LogP contribution in [0.4, 0.5) is 0 Å². The van der Waals surface area contributed by atoms with E-state index in [4.69, 9.17) is 28.1 Å². The number of methoxy groups -OCH3 is 4. The number of aliphatic hydroxyl groups is 2. The first-order valence-corrected chi connectivity index (χ1v) is 11.0. The first kappa shape index (κ1) is 23.1. The number of esters is 1. The lowest BCUT2D eigenvalue weighted by Gasteiger charge is -2.40. The zero-order valence-electron chi connectivity index (χ0n) is 19.7. The number of rotatable bonds is 6. The van der Waals surface area contributed by atoms with Crippen LogP contribution in [-0.4, -0.2) is 50.7 Å². The number of carbonyl (C=O) groups excluding carboxylic acids is 1. The summed E-state index contributed by atoms with van der Waals surface area (Å²) in [5, 5.41) is 24.3. The van der Waals surface area contributed by atoms with E-state index in [1.54, 1.807) is 55.6 Å². The van der Waals surface area contributed by atoms with Crippen molar-refractivity contribution in [3.8, 4) is 23.0 Å². The molecule has 0 spiro atoms. The summed E-state index contributed by atoms with van der Waals surface area (Å²) in [6.45, 7) is 0. The Balaban J connectivity index is 1.87. The second kappa shape index (κ2) is 8.21. The molecule has 2 heterocycles. The number of fused-ring (bicyclic) bond motifs is 3. The Hall–Kier alpha value is -3.69. The molecule has 1 saturated carbocycles. The van der Waals surface area contributed by atoms with E-state index < -0.39 is 35.1 Å². The standard InChI is InChI=1S/C26H26O9/c1-30-15-9-7-14(8-10-15)26-22(17-6-5-11-34-17)20(24(28)33-4)23(27)25(26,29)21-18(32-3)12-16(31-2)13-19(21)35-26/h5-13,20,22-23,27,29H,1-4H3/t20-,22-,23-,25+,26+/m1/s1. The third kappa shape index (κ3) is 2.91. The molecule has 5 atom stereocenters. The number of hydrogen-bond acceptors (Lipinski definition) is 9. The summed E-state index contributed by atoms with van der Waals surface area (Å²) >= 11 is 0. The van der Waals surface area contributed by atoms with Crippen molar-refractivity contribution in [3.05, 3.63) is 71.7 Å². The summed E-state index contributed by atoms with van der Waals surface area (Å²) in [4.78, 5) is 13.1. The Labute approximate surface area is 201 Å². The number of benzene rings is 2. The molecule has 0 amide bonds. The SMILES string of the molecule is COC(=O)[C@H]1[C@@H](O)[C@@]2(O)c3c(OC)cc(OC)cc3O[C@@]2(c2ccc(OC)cc2)[C@@H]1c1ccco1. The average molecular weight is 482 g/mol. The predicted molar refractivity (Wildman–Crippen MR) is 122 cm³/mol. The minimum atomic E-state index is -2.13. The molecule has 2 aromatic carbocycles. The maximum absolute atomic E-state index is 13.1. The van der Waals surface area contributed by atoms with Crippen LogP contribution in [0, 0.1) is 5.92 Å². The van der Waals surface area contributed by atoms with Gasteiger partial charge in [0.05, 0.1) is 46.2 Å². The number of aliphatic hydroxyl groups excluding tert-OH is 1. The van der Waals surface area contributed by atoms with Gasteiger partial charge in [-0.3, -0.25) is 4.79 Å². The van der Waals surface area contributed by atoms with Crippen LogP contribution < -0.4 is 18.9 Å². The Morgan fingerprint density at radius 2 is 1.69 bits per heavy atom. The van der Waals surface area contributed by atoms with E-state index in [0.29, 0.717) is 22.8 Å². The third-order valence-electron chi connectivity index (χ3n) is 7.12. The van der Waals surface area contributed by atoms with Gasteiger partial charge in [-0.2, -0.15) is 0 Å². The van der Waals surface area contributed by atoms with E-state index in [0.717, 1.165) is 0 Å². The van der Waals surface area contributed by atoms with Gasteiger partial charge in [0.1, 0.15) is 40.8 Å². The summed E-state index contributed by atoms with van der Waals surface area (Å²) in [6.07, 6.45) is -0.184. The van der Waals surface area contributed by atoms with Gasteiger partial charge in [-0.1, -0.05) is 12.1 Å². The summed E-state index contributed by atoms with van der Waals surface area (Å²) in [5.41, 5.74) is -3.14. The monoisotopic (exact) mass is 482 g/mol. The Morgan fingerprint density at radius 3 is 2.26 bits per heavy atom. The summed E-state index contributed by atoms with van der Waals surface area (Å²) in [7, 11) is 5.71. The van der Waals surface area contributed by atoms with Crippen molar-refractivity contribution in [2.75, 3.05) is 28.4 Å². The first-order chi connectivity index (χ1) is 16.9. The Bertz CT molecular complexity index is 1240. The Morgan fingerprint density at radius 1 is 0.971 bits per heavy atom. The molecule has 184 valence electrons. The smallest absolute Gasteiger partial charge is 0.312 e. The second-order valence-electron chi connectivity index (χ2n) is 8.52. The molecule has 1 aromatic heterocycles. The highest BCUT2D eigenvalue weighted by Crippen LogP contribution is 2.70. The lowest BCUT2D eigenvalue weighted by atomic mass is 9.72. The zero-order valence-corrected chi connectivity index (χ0v) is 19.7. The van der Waals surface area contributed by atoms with Crippen LogP contribution in [0.2, 0.25) is 0 Å². The topological polar surface area (TPSA) is 117 Å². The van der Waals surface area contributed by atoms with Gasteiger partial charge in [0.2, 0.25) is 0 Å². The molecule has 1 fully saturated rings. The number of furan rings is 1. The van der Waals surface area contributed by atoms with E-state index >= 15 is 0 Å². The van der Waals surface area contributed by atoms with Crippen LogP contribution in [0.25, 0.3) is 0 Å². The van der Waals surface area contributed by atoms with Crippen molar-refractivity contribution in [2.45, 2.75) is 23.2 Å². The van der Waals surface area contributed by atoms with Gasteiger partial charge in [0.25, 0.3) is 0 Å². The third-order valence-corrected chi connectivity index (χ3v) is 7.12. The lowest BCUT2D eigenvalue weighted by molar-refractivity contribution is -0.161. The molecule has 0 bridgehead atoms. The number of carbonyl (C=O) groups is 1. The zero-order chi connectivity index (χ0) is 25.0. The second-order valence-corrected chi connectivity index (χ2v) is 8.52. The van der Waals surface area contributed by atoms with Gasteiger partial charge in [-0.05, 0) is 29.8 Å². The van der Waals surface area contributed by atoms with E-state index in [9.17, 15) is 15.0 Å². The van der Waals surface area contributed by atoms with Crippen molar-refractivity contribution >= 4 is 5.97 Å². The molecule has 1 aliphatic carbocycles. The van der Waals surface area contributed by atoms with E-state index in [-0.39, 0.29) is 17.1 Å². The van der Waals surface area contributed by atoms with Crippen molar-refractivity contribution in [1.29, 1.82) is 0 Å². The van der Waals surface area contributed by atoms with E-state index in [1.165, 1.54) is 27.6 Å². The van der Waals surface area contributed by atoms with Crippen LogP contribution in [0.15, 0.2) is 59.2 Å². The van der Waals surface area contributed by atoms with Crippen LogP contribution in [-0.2, 0) is 20.7 Å². The van der Waals surface area contributed by atoms with Gasteiger partial charge in [0, 0.05) is 12.1 Å². The molecule has 3 aromatic rings. The van der Waals surface area contributed by atoms with Crippen molar-refractivity contribution in [1.82, 2.24) is 0 Å². The van der Waals surface area contributed by atoms with Gasteiger partial charge >= 0.3 is 5.97 Å². The molecule has 35 heavy (non-hydrogen) atoms. The number of hydrogen-bond donors (Lipinski definition) is 2. The summed E-state index contributed by atoms with van der Waals surface area (Å²) in [5.74, 6) is -1.07. The van der Waals surface area contributed by atoms with Gasteiger partial charge < -0.3 is 38.3 Å². The fourth-order valence-corrected chi connectivity index (χ4v) is 5.64. The summed E-state index contributed by atoms with van der Waals surface area (Å²) in [6, 6.07) is 13.4.